The van der Waals surface area contributed by atoms with Crippen LogP contribution in [0.2, 0.25) is 0 Å². The molecular weight excluding hydrogens is 455 g/mol. The summed E-state index contributed by atoms with van der Waals surface area (Å²) < 4.78 is 45.5. The first kappa shape index (κ1) is 21.6. The lowest BCUT2D eigenvalue weighted by Gasteiger charge is -2.15. The molecule has 3 N–H and O–H groups in total. The number of H-pyrrole nitrogens is 1. The van der Waals surface area contributed by atoms with Crippen molar-refractivity contribution in [2.75, 3.05) is 17.7 Å². The van der Waals surface area contributed by atoms with Gasteiger partial charge in [0.25, 0.3) is 0 Å². The van der Waals surface area contributed by atoms with E-state index < -0.39 is 12.0 Å². The Morgan fingerprint density at radius 1 is 1.24 bits per heavy atom. The molecule has 176 valence electrons. The maximum atomic E-state index is 13.3. The number of imidazole rings is 1. The van der Waals surface area contributed by atoms with Gasteiger partial charge in [0.2, 0.25) is 17.6 Å². The molecule has 0 bridgehead atoms. The van der Waals surface area contributed by atoms with Gasteiger partial charge in [-0.2, -0.15) is 18.0 Å². The highest BCUT2D eigenvalue weighted by atomic mass is 19.4. The topological polar surface area (TPSA) is 136 Å². The second kappa shape index (κ2) is 7.97. The molecule has 1 amide bonds. The fourth-order valence-electron chi connectivity index (χ4n) is 3.43. The van der Waals surface area contributed by atoms with E-state index in [4.69, 9.17) is 4.74 Å². The highest BCUT2D eigenvalue weighted by molar-refractivity contribution is 5.97. The van der Waals surface area contributed by atoms with Crippen LogP contribution in [0.15, 0.2) is 24.3 Å². The lowest BCUT2D eigenvalue weighted by atomic mass is 10.1. The van der Waals surface area contributed by atoms with Crippen LogP contribution in [0.1, 0.15) is 18.7 Å². The molecule has 1 aliphatic rings. The smallest absolute Gasteiger partial charge is 0.449 e. The quantitative estimate of drug-likeness (QED) is 0.388. The Balaban J connectivity index is 1.59. The Labute approximate surface area is 189 Å². The van der Waals surface area contributed by atoms with Gasteiger partial charge in [-0.05, 0) is 30.2 Å². The van der Waals surface area contributed by atoms with Gasteiger partial charge in [0.1, 0.15) is 11.3 Å². The summed E-state index contributed by atoms with van der Waals surface area (Å²) in [4.78, 5) is 23.5. The van der Waals surface area contributed by atoms with E-state index in [0.717, 1.165) is 12.8 Å². The highest BCUT2D eigenvalue weighted by Crippen LogP contribution is 2.39. The number of fused-ring (bicyclic) bond motifs is 1. The van der Waals surface area contributed by atoms with Gasteiger partial charge in [-0.1, -0.05) is 6.07 Å². The molecule has 11 nitrogen and oxygen atoms in total. The van der Waals surface area contributed by atoms with E-state index in [2.05, 4.69) is 41.0 Å². The molecule has 4 aromatic rings. The summed E-state index contributed by atoms with van der Waals surface area (Å²) in [5, 5.41) is 17.7. The number of aryl methyl sites for hydroxylation is 1. The molecule has 1 fully saturated rings. The van der Waals surface area contributed by atoms with Crippen molar-refractivity contribution in [3.63, 3.8) is 0 Å². The first-order chi connectivity index (χ1) is 16.2. The molecule has 0 unspecified atom stereocenters. The van der Waals surface area contributed by atoms with Gasteiger partial charge in [0.15, 0.2) is 11.4 Å². The van der Waals surface area contributed by atoms with Crippen LogP contribution in [0.5, 0.6) is 5.75 Å². The molecule has 0 radical (unpaired) electrons. The van der Waals surface area contributed by atoms with E-state index in [9.17, 15) is 18.0 Å². The Morgan fingerprint density at radius 2 is 2.03 bits per heavy atom. The second-order valence-corrected chi connectivity index (χ2v) is 7.71. The molecular formula is C20H18F3N9O2. The fourth-order valence-corrected chi connectivity index (χ4v) is 3.43. The van der Waals surface area contributed by atoms with Crippen LogP contribution in [0.4, 0.5) is 30.4 Å². The summed E-state index contributed by atoms with van der Waals surface area (Å²) >= 11 is 0. The molecule has 1 saturated carbocycles. The van der Waals surface area contributed by atoms with Crippen molar-refractivity contribution in [3.8, 4) is 17.1 Å². The first-order valence-corrected chi connectivity index (χ1v) is 10.2. The van der Waals surface area contributed by atoms with Gasteiger partial charge in [-0.3, -0.25) is 4.79 Å². The zero-order valence-electron chi connectivity index (χ0n) is 17.9. The lowest BCUT2D eigenvalue weighted by molar-refractivity contribution is -0.144. The molecule has 3 heterocycles. The number of carbonyl (C=O) groups is 1. The number of aromatic amines is 1. The third-order valence-electron chi connectivity index (χ3n) is 5.16. The number of alkyl halides is 3. The van der Waals surface area contributed by atoms with Crippen LogP contribution in [0.25, 0.3) is 22.6 Å². The van der Waals surface area contributed by atoms with E-state index in [1.54, 1.807) is 25.2 Å². The summed E-state index contributed by atoms with van der Waals surface area (Å²) in [7, 11) is 3.06. The predicted molar refractivity (Wildman–Crippen MR) is 114 cm³/mol. The van der Waals surface area contributed by atoms with E-state index in [0.29, 0.717) is 22.8 Å². The number of anilines is 3. The monoisotopic (exact) mass is 473 g/mol. The molecule has 1 aromatic carbocycles. The number of benzene rings is 1. The normalized spacial score (nSPS) is 13.8. The minimum Gasteiger partial charge on any atom is -0.494 e. The first-order valence-electron chi connectivity index (χ1n) is 10.2. The zero-order chi connectivity index (χ0) is 24.0. The largest absolute Gasteiger partial charge is 0.494 e. The number of nitrogens with zero attached hydrogens (tertiary/aromatic N) is 6. The van der Waals surface area contributed by atoms with E-state index in [-0.39, 0.29) is 34.5 Å². The minimum atomic E-state index is -4.70. The molecule has 5 rings (SSSR count). The summed E-state index contributed by atoms with van der Waals surface area (Å²) in [5.74, 6) is -0.808. The lowest BCUT2D eigenvalue weighted by Crippen LogP contribution is -2.14. The molecule has 1 aliphatic carbocycles. The second-order valence-electron chi connectivity index (χ2n) is 7.71. The van der Waals surface area contributed by atoms with Gasteiger partial charge >= 0.3 is 6.18 Å². The number of amides is 1. The number of pyridine rings is 1. The van der Waals surface area contributed by atoms with Crippen molar-refractivity contribution in [1.29, 1.82) is 0 Å². The maximum Gasteiger partial charge on any atom is 0.449 e. The third kappa shape index (κ3) is 4.09. The van der Waals surface area contributed by atoms with E-state index >= 15 is 0 Å². The molecule has 0 aliphatic heterocycles. The summed E-state index contributed by atoms with van der Waals surface area (Å²) in [6.45, 7) is 0. The number of rotatable bonds is 6. The Hall–Kier alpha value is -4.23. The number of para-hydroxylation sites is 1. The molecule has 14 heteroatoms. The van der Waals surface area contributed by atoms with Gasteiger partial charge in [0.05, 0.1) is 31.1 Å². The van der Waals surface area contributed by atoms with E-state index in [1.807, 2.05) is 0 Å². The Kier molecular flexibility index (Phi) is 5.06. The van der Waals surface area contributed by atoms with Crippen LogP contribution in [0.3, 0.4) is 0 Å². The van der Waals surface area contributed by atoms with Crippen molar-refractivity contribution in [2.45, 2.75) is 19.0 Å². The van der Waals surface area contributed by atoms with Gasteiger partial charge in [-0.25, -0.2) is 9.97 Å². The maximum absolute atomic E-state index is 13.3. The van der Waals surface area contributed by atoms with Gasteiger partial charge < -0.3 is 20.4 Å². The average Bonchev–Trinajstić information content (AvgIpc) is 3.40. The number of carbonyl (C=O) groups excluding carboxylic acids is 1. The van der Waals surface area contributed by atoms with Crippen molar-refractivity contribution >= 4 is 34.3 Å². The number of tetrazole rings is 1. The molecule has 0 atom stereocenters. The van der Waals surface area contributed by atoms with Crippen LogP contribution >= 0.6 is 0 Å². The number of aromatic nitrogens is 7. The summed E-state index contributed by atoms with van der Waals surface area (Å²) in [5.41, 5.74) is 0.934. The molecule has 0 saturated heterocycles. The van der Waals surface area contributed by atoms with Crippen LogP contribution in [-0.2, 0) is 18.0 Å². The van der Waals surface area contributed by atoms with E-state index in [1.165, 1.54) is 18.0 Å². The Bertz CT molecular complexity index is 1390. The minimum absolute atomic E-state index is 0.0539. The molecule has 0 spiro atoms. The summed E-state index contributed by atoms with van der Waals surface area (Å²) in [6, 6.07) is 6.53. The number of halogens is 3. The number of hydrogen-bond donors (Lipinski definition) is 3. The average molecular weight is 473 g/mol. The predicted octanol–water partition coefficient (Wildman–Crippen LogP) is 3.27. The van der Waals surface area contributed by atoms with Crippen LogP contribution in [-0.4, -0.2) is 48.2 Å². The number of hydrogen-bond acceptors (Lipinski definition) is 8. The van der Waals surface area contributed by atoms with Crippen molar-refractivity contribution in [1.82, 2.24) is 35.2 Å². The van der Waals surface area contributed by atoms with Crippen molar-refractivity contribution in [3.05, 3.63) is 30.1 Å². The summed E-state index contributed by atoms with van der Waals surface area (Å²) in [6.07, 6.45) is -3.17. The van der Waals surface area contributed by atoms with Crippen LogP contribution < -0.4 is 15.4 Å². The highest BCUT2D eigenvalue weighted by Gasteiger charge is 2.36. The number of methoxy groups -OCH3 is 1. The van der Waals surface area contributed by atoms with Gasteiger partial charge in [-0.15, -0.1) is 10.2 Å². The molecule has 3 aromatic heterocycles. The van der Waals surface area contributed by atoms with Crippen molar-refractivity contribution < 1.29 is 22.7 Å². The number of nitrogens with one attached hydrogen (secondary N) is 3. The standard InChI is InChI=1S/C20H18F3N9O2/c1-32-30-16(29-31-32)10-4-3-5-11(15(10)34-2)24-12-8-13(26-18(33)9-6-7-9)25-17-14(12)27-19(28-17)20(21,22)23/h3-5,8-9H,6-7H2,1-2H3,(H3,24,25,26,27,28,33). The molecule has 34 heavy (non-hydrogen) atoms. The number of ether oxygens (including phenoxy) is 1. The van der Waals surface area contributed by atoms with Gasteiger partial charge in [0, 0.05) is 12.0 Å². The van der Waals surface area contributed by atoms with Crippen LogP contribution in [0, 0.1) is 5.92 Å². The third-order valence-corrected chi connectivity index (χ3v) is 5.16. The van der Waals surface area contributed by atoms with Crippen molar-refractivity contribution in [2.24, 2.45) is 13.0 Å². The fraction of sp³-hybridized carbons (Fsp3) is 0.300. The SMILES string of the molecule is COc1c(Nc2cc(NC(=O)C3CC3)nc3[nH]c(C(F)(F)F)nc23)cccc1-c1nnn(C)n1. The Morgan fingerprint density at radius 3 is 2.68 bits per heavy atom. The zero-order valence-corrected chi connectivity index (χ0v) is 17.9.